The molecule has 0 bridgehead atoms. The summed E-state index contributed by atoms with van der Waals surface area (Å²) in [6, 6.07) is 0. The first kappa shape index (κ1) is 19.3. The quantitative estimate of drug-likeness (QED) is 0.330. The number of hydrogen-bond donors (Lipinski definition) is 3. The minimum atomic E-state index is -1.47. The lowest BCUT2D eigenvalue weighted by Gasteiger charge is -2.18. The van der Waals surface area contributed by atoms with E-state index >= 15 is 0 Å². The maximum Gasteiger partial charge on any atom is 0.308 e. The van der Waals surface area contributed by atoms with Gasteiger partial charge in [-0.1, -0.05) is 0 Å². The first-order valence-electron chi connectivity index (χ1n) is 6.19. The highest BCUT2D eigenvalue weighted by molar-refractivity contribution is 5.70. The van der Waals surface area contributed by atoms with Crippen LogP contribution in [0.2, 0.25) is 0 Å². The third kappa shape index (κ3) is 9.77. The van der Waals surface area contributed by atoms with Gasteiger partial charge in [-0.3, -0.25) is 14.4 Å². The van der Waals surface area contributed by atoms with Crippen LogP contribution in [0.25, 0.3) is 0 Å². The number of ether oxygens (including phenoxy) is 3. The fourth-order valence-electron chi connectivity index (χ4n) is 1.23. The largest absolute Gasteiger partial charge is 0.462 e. The number of aliphatic hydroxyl groups is 3. The Morgan fingerprint density at radius 1 is 0.952 bits per heavy atom. The molecule has 3 N–H and O–H groups in total. The molecule has 21 heavy (non-hydrogen) atoms. The highest BCUT2D eigenvalue weighted by atomic mass is 16.6. The summed E-state index contributed by atoms with van der Waals surface area (Å²) >= 11 is 0. The Balaban J connectivity index is 4.23. The van der Waals surface area contributed by atoms with Gasteiger partial charge in [0.25, 0.3) is 0 Å². The van der Waals surface area contributed by atoms with Crippen molar-refractivity contribution in [2.24, 2.45) is 0 Å². The summed E-state index contributed by atoms with van der Waals surface area (Å²) in [7, 11) is 0. The minimum absolute atomic E-state index is 0.274. The van der Waals surface area contributed by atoms with Crippen LogP contribution in [0.4, 0.5) is 0 Å². The molecule has 0 aromatic heterocycles. The number of rotatable bonds is 9. The van der Waals surface area contributed by atoms with Crippen molar-refractivity contribution < 1.29 is 43.9 Å². The van der Waals surface area contributed by atoms with Crippen molar-refractivity contribution in [3.05, 3.63) is 0 Å². The zero-order chi connectivity index (χ0) is 16.4. The standard InChI is InChI=1S/C12H20O9/c1-7(14)19-5-9(21-8(2)15)6-20-12(18)3-10(16)11(17)4-13/h9-11,13,16-17H,3-6H2,1-2H3. The van der Waals surface area contributed by atoms with Crippen LogP contribution in [0, 0.1) is 0 Å². The number of hydrogen-bond acceptors (Lipinski definition) is 9. The first-order chi connectivity index (χ1) is 9.76. The van der Waals surface area contributed by atoms with E-state index in [9.17, 15) is 19.5 Å². The van der Waals surface area contributed by atoms with Crippen molar-refractivity contribution in [2.75, 3.05) is 19.8 Å². The lowest BCUT2D eigenvalue weighted by Crippen LogP contribution is -2.34. The van der Waals surface area contributed by atoms with Crippen LogP contribution in [0.15, 0.2) is 0 Å². The number of esters is 3. The van der Waals surface area contributed by atoms with Crippen molar-refractivity contribution >= 4 is 17.9 Å². The van der Waals surface area contributed by atoms with Crippen LogP contribution in [0.5, 0.6) is 0 Å². The van der Waals surface area contributed by atoms with E-state index in [4.69, 9.17) is 19.7 Å². The molecule has 0 fully saturated rings. The van der Waals surface area contributed by atoms with Crippen molar-refractivity contribution in [3.63, 3.8) is 0 Å². The first-order valence-corrected chi connectivity index (χ1v) is 6.19. The molecule has 0 heterocycles. The summed E-state index contributed by atoms with van der Waals surface area (Å²) in [5, 5.41) is 27.0. The number of carbonyl (C=O) groups is 3. The number of carbonyl (C=O) groups excluding carboxylic acids is 3. The normalized spacial score (nSPS) is 14.7. The Morgan fingerprint density at radius 3 is 2.00 bits per heavy atom. The lowest BCUT2D eigenvalue weighted by atomic mass is 10.1. The molecule has 0 rings (SSSR count). The van der Waals surface area contributed by atoms with Gasteiger partial charge < -0.3 is 29.5 Å². The third-order valence-corrected chi connectivity index (χ3v) is 2.24. The number of aliphatic hydroxyl groups excluding tert-OH is 3. The third-order valence-electron chi connectivity index (χ3n) is 2.24. The fourth-order valence-corrected chi connectivity index (χ4v) is 1.23. The van der Waals surface area contributed by atoms with Crippen LogP contribution >= 0.6 is 0 Å². The Bertz CT molecular complexity index is 355. The zero-order valence-corrected chi connectivity index (χ0v) is 11.9. The van der Waals surface area contributed by atoms with Crippen LogP contribution in [0.1, 0.15) is 20.3 Å². The second-order valence-electron chi connectivity index (χ2n) is 4.24. The summed E-state index contributed by atoms with van der Waals surface area (Å²) in [6.45, 7) is 0.974. The molecule has 0 aromatic carbocycles. The van der Waals surface area contributed by atoms with Gasteiger partial charge in [0, 0.05) is 13.8 Å². The molecular weight excluding hydrogens is 288 g/mol. The van der Waals surface area contributed by atoms with Crippen LogP contribution < -0.4 is 0 Å². The molecule has 0 saturated carbocycles. The van der Waals surface area contributed by atoms with Crippen molar-refractivity contribution in [1.82, 2.24) is 0 Å². The molecule has 9 heteroatoms. The summed E-state index contributed by atoms with van der Waals surface area (Å²) in [4.78, 5) is 32.9. The van der Waals surface area contributed by atoms with Crippen molar-refractivity contribution in [1.29, 1.82) is 0 Å². The van der Waals surface area contributed by atoms with Crippen molar-refractivity contribution in [3.8, 4) is 0 Å². The summed E-state index contributed by atoms with van der Waals surface area (Å²) < 4.78 is 14.2. The predicted octanol–water partition coefficient (Wildman–Crippen LogP) is -1.87. The highest BCUT2D eigenvalue weighted by Crippen LogP contribution is 2.03. The Morgan fingerprint density at radius 2 is 1.52 bits per heavy atom. The van der Waals surface area contributed by atoms with E-state index in [2.05, 4.69) is 4.74 Å². The zero-order valence-electron chi connectivity index (χ0n) is 11.9. The molecule has 0 spiro atoms. The van der Waals surface area contributed by atoms with Crippen LogP contribution in [-0.2, 0) is 28.6 Å². The molecule has 9 nitrogen and oxygen atoms in total. The molecule has 0 saturated heterocycles. The highest BCUT2D eigenvalue weighted by Gasteiger charge is 2.22. The van der Waals surface area contributed by atoms with Gasteiger partial charge in [-0.25, -0.2) is 0 Å². The van der Waals surface area contributed by atoms with Gasteiger partial charge in [0.2, 0.25) is 0 Å². The van der Waals surface area contributed by atoms with Gasteiger partial charge in [-0.15, -0.1) is 0 Å². The molecule has 0 aromatic rings. The molecule has 3 unspecified atom stereocenters. The molecule has 0 radical (unpaired) electrons. The van der Waals surface area contributed by atoms with E-state index in [-0.39, 0.29) is 13.2 Å². The molecule has 0 aliphatic carbocycles. The Labute approximate surface area is 121 Å². The van der Waals surface area contributed by atoms with E-state index in [0.717, 1.165) is 6.92 Å². The second-order valence-corrected chi connectivity index (χ2v) is 4.24. The van der Waals surface area contributed by atoms with Crippen molar-refractivity contribution in [2.45, 2.75) is 38.6 Å². The van der Waals surface area contributed by atoms with E-state index in [1.54, 1.807) is 0 Å². The Kier molecular flexibility index (Phi) is 9.26. The summed E-state index contributed by atoms with van der Waals surface area (Å²) in [5.41, 5.74) is 0. The maximum absolute atomic E-state index is 11.4. The van der Waals surface area contributed by atoms with E-state index in [1.807, 2.05) is 0 Å². The van der Waals surface area contributed by atoms with E-state index < -0.39 is 49.2 Å². The van der Waals surface area contributed by atoms with Gasteiger partial charge in [-0.05, 0) is 0 Å². The maximum atomic E-state index is 11.4. The van der Waals surface area contributed by atoms with Gasteiger partial charge in [0.15, 0.2) is 6.10 Å². The molecular formula is C12H20O9. The van der Waals surface area contributed by atoms with Crippen LogP contribution in [0.3, 0.4) is 0 Å². The summed E-state index contributed by atoms with van der Waals surface area (Å²) in [5.74, 6) is -2.09. The van der Waals surface area contributed by atoms with Gasteiger partial charge in [0.05, 0.1) is 19.1 Å². The van der Waals surface area contributed by atoms with Gasteiger partial charge in [0.1, 0.15) is 19.3 Å². The van der Waals surface area contributed by atoms with Gasteiger partial charge >= 0.3 is 17.9 Å². The Hall–Kier alpha value is -1.71. The monoisotopic (exact) mass is 308 g/mol. The summed E-state index contributed by atoms with van der Waals surface area (Å²) in [6.07, 6.45) is -4.43. The average molecular weight is 308 g/mol. The lowest BCUT2D eigenvalue weighted by molar-refractivity contribution is -0.166. The minimum Gasteiger partial charge on any atom is -0.462 e. The van der Waals surface area contributed by atoms with Gasteiger partial charge in [-0.2, -0.15) is 0 Å². The molecule has 122 valence electrons. The molecule has 3 atom stereocenters. The topological polar surface area (TPSA) is 140 Å². The second kappa shape index (κ2) is 10.1. The SMILES string of the molecule is CC(=O)OCC(COC(=O)CC(O)C(O)CO)OC(C)=O. The molecule has 0 aliphatic rings. The van der Waals surface area contributed by atoms with E-state index in [0.29, 0.717) is 0 Å². The predicted molar refractivity (Wildman–Crippen MR) is 66.9 cm³/mol. The smallest absolute Gasteiger partial charge is 0.308 e. The molecule has 0 amide bonds. The fraction of sp³-hybridized carbons (Fsp3) is 0.750. The van der Waals surface area contributed by atoms with Crippen LogP contribution in [-0.4, -0.2) is 71.4 Å². The van der Waals surface area contributed by atoms with E-state index in [1.165, 1.54) is 6.92 Å². The average Bonchev–Trinajstić information content (AvgIpc) is 2.40. The molecule has 0 aliphatic heterocycles.